The highest BCUT2D eigenvalue weighted by molar-refractivity contribution is 5.43. The number of methoxy groups -OCH3 is 1. The van der Waals surface area contributed by atoms with Gasteiger partial charge in [-0.05, 0) is 79.9 Å². The topological polar surface area (TPSA) is 47.9 Å². The first kappa shape index (κ1) is 24.1. The zero-order chi connectivity index (χ0) is 22.1. The minimum absolute atomic E-state index is 0.110. The number of benzene rings is 1. The lowest BCUT2D eigenvalue weighted by atomic mass is 9.73. The first-order valence-electron chi connectivity index (χ1n) is 12.3. The van der Waals surface area contributed by atoms with Gasteiger partial charge in [0.05, 0.1) is 12.7 Å². The number of aliphatic hydroxyl groups is 1. The van der Waals surface area contributed by atoms with Crippen LogP contribution in [0.5, 0.6) is 5.75 Å². The molecule has 2 aliphatic rings. The van der Waals surface area contributed by atoms with E-state index in [1.54, 1.807) is 7.11 Å². The Balaban J connectivity index is 1.52. The van der Waals surface area contributed by atoms with Crippen molar-refractivity contribution in [2.75, 3.05) is 26.9 Å². The molecule has 0 bridgehead atoms. The summed E-state index contributed by atoms with van der Waals surface area (Å²) in [5, 5.41) is 10.4. The molecule has 0 heterocycles. The Kier molecular flexibility index (Phi) is 9.73. The van der Waals surface area contributed by atoms with Crippen LogP contribution in [0.1, 0.15) is 69.4 Å². The molecular formula is C27H42O4. The zero-order valence-corrected chi connectivity index (χ0v) is 19.6. The van der Waals surface area contributed by atoms with Crippen molar-refractivity contribution in [2.24, 2.45) is 17.8 Å². The minimum atomic E-state index is -0.110. The van der Waals surface area contributed by atoms with E-state index >= 15 is 0 Å². The maximum Gasteiger partial charge on any atom is 0.145 e. The smallest absolute Gasteiger partial charge is 0.145 e. The highest BCUT2D eigenvalue weighted by Crippen LogP contribution is 2.48. The van der Waals surface area contributed by atoms with Crippen LogP contribution in [-0.4, -0.2) is 38.1 Å². The standard InChI is InChI=1S/C27H42O4/c1-4-5-6-9-24(28)14-13-21-11-12-23-18-26-22(17-25(21)23)8-7-10-27(26)31-19-20(2)30-16-15-29-3/h7-8,10,21,23-25,28H,2,4-6,9,11-19H2,1,3H3. The fraction of sp³-hybridized carbons (Fsp3) is 0.704. The van der Waals surface area contributed by atoms with Crippen molar-refractivity contribution in [3.8, 4) is 5.75 Å². The zero-order valence-electron chi connectivity index (χ0n) is 19.6. The van der Waals surface area contributed by atoms with Gasteiger partial charge in [0.25, 0.3) is 0 Å². The van der Waals surface area contributed by atoms with Crippen LogP contribution in [0.15, 0.2) is 30.5 Å². The van der Waals surface area contributed by atoms with E-state index in [0.717, 1.165) is 55.6 Å². The molecule has 4 heteroatoms. The van der Waals surface area contributed by atoms with Crippen molar-refractivity contribution >= 4 is 0 Å². The maximum absolute atomic E-state index is 10.4. The molecule has 4 atom stereocenters. The van der Waals surface area contributed by atoms with Gasteiger partial charge in [0.2, 0.25) is 0 Å². The summed E-state index contributed by atoms with van der Waals surface area (Å²) >= 11 is 0. The average Bonchev–Trinajstić information content (AvgIpc) is 3.17. The van der Waals surface area contributed by atoms with Crippen LogP contribution in [0.3, 0.4) is 0 Å². The van der Waals surface area contributed by atoms with E-state index in [-0.39, 0.29) is 6.10 Å². The third-order valence-corrected chi connectivity index (χ3v) is 7.27. The number of fused-ring (bicyclic) bond motifs is 2. The van der Waals surface area contributed by atoms with Crippen LogP contribution < -0.4 is 4.74 Å². The second-order valence-corrected chi connectivity index (χ2v) is 9.46. The minimum Gasteiger partial charge on any atom is -0.493 e. The Morgan fingerprint density at radius 3 is 2.84 bits per heavy atom. The Labute approximate surface area is 189 Å². The van der Waals surface area contributed by atoms with Gasteiger partial charge >= 0.3 is 0 Å². The molecule has 0 amide bonds. The molecule has 0 saturated heterocycles. The van der Waals surface area contributed by atoms with Gasteiger partial charge in [0.15, 0.2) is 0 Å². The molecule has 1 N–H and O–H groups in total. The Bertz CT molecular complexity index is 686. The fourth-order valence-corrected chi connectivity index (χ4v) is 5.52. The van der Waals surface area contributed by atoms with Crippen LogP contribution in [0.4, 0.5) is 0 Å². The van der Waals surface area contributed by atoms with E-state index in [2.05, 4.69) is 31.7 Å². The monoisotopic (exact) mass is 430 g/mol. The number of ether oxygens (including phenoxy) is 3. The summed E-state index contributed by atoms with van der Waals surface area (Å²) in [5.41, 5.74) is 2.83. The van der Waals surface area contributed by atoms with Gasteiger partial charge in [-0.1, -0.05) is 44.9 Å². The second-order valence-electron chi connectivity index (χ2n) is 9.46. The molecule has 1 aromatic rings. The van der Waals surface area contributed by atoms with Crippen molar-refractivity contribution in [1.82, 2.24) is 0 Å². The summed E-state index contributed by atoms with van der Waals surface area (Å²) in [4.78, 5) is 0. The van der Waals surface area contributed by atoms with Crippen LogP contribution in [0, 0.1) is 17.8 Å². The van der Waals surface area contributed by atoms with Crippen molar-refractivity contribution in [3.63, 3.8) is 0 Å². The SMILES string of the molecule is C=C(COc1cccc2c1CC1CCC(CCC(O)CCCCC)C1C2)OCCOC. The summed E-state index contributed by atoms with van der Waals surface area (Å²) in [6.45, 7) is 7.61. The van der Waals surface area contributed by atoms with Gasteiger partial charge in [-0.2, -0.15) is 0 Å². The number of unbranched alkanes of at least 4 members (excludes halogenated alkanes) is 2. The molecule has 31 heavy (non-hydrogen) atoms. The van der Waals surface area contributed by atoms with E-state index in [0.29, 0.717) is 25.6 Å². The molecule has 0 aliphatic heterocycles. The van der Waals surface area contributed by atoms with Crippen LogP contribution in [-0.2, 0) is 22.3 Å². The molecule has 174 valence electrons. The molecule has 0 radical (unpaired) electrons. The van der Waals surface area contributed by atoms with E-state index in [9.17, 15) is 5.11 Å². The lowest BCUT2D eigenvalue weighted by molar-refractivity contribution is 0.0969. The first-order valence-corrected chi connectivity index (χ1v) is 12.3. The second kappa shape index (κ2) is 12.5. The molecular weight excluding hydrogens is 388 g/mol. The summed E-state index contributed by atoms with van der Waals surface area (Å²) in [5.74, 6) is 3.90. The van der Waals surface area contributed by atoms with E-state index in [1.165, 1.54) is 43.2 Å². The van der Waals surface area contributed by atoms with Gasteiger partial charge in [-0.25, -0.2) is 0 Å². The van der Waals surface area contributed by atoms with Crippen LogP contribution in [0.2, 0.25) is 0 Å². The quantitative estimate of drug-likeness (QED) is 0.304. The largest absolute Gasteiger partial charge is 0.493 e. The first-order chi connectivity index (χ1) is 15.1. The van der Waals surface area contributed by atoms with E-state index in [1.807, 2.05) is 0 Å². The summed E-state index contributed by atoms with van der Waals surface area (Å²) in [7, 11) is 1.66. The molecule has 0 aromatic heterocycles. The lowest BCUT2D eigenvalue weighted by Gasteiger charge is -2.32. The molecule has 4 unspecified atom stereocenters. The Hall–Kier alpha value is -1.52. The lowest BCUT2D eigenvalue weighted by Crippen LogP contribution is -2.26. The highest BCUT2D eigenvalue weighted by atomic mass is 16.5. The number of aliphatic hydroxyl groups excluding tert-OH is 1. The predicted octanol–water partition coefficient (Wildman–Crippen LogP) is 5.70. The van der Waals surface area contributed by atoms with E-state index in [4.69, 9.17) is 14.2 Å². The summed E-state index contributed by atoms with van der Waals surface area (Å²) in [6.07, 6.45) is 11.5. The third kappa shape index (κ3) is 6.98. The van der Waals surface area contributed by atoms with Gasteiger partial charge in [-0.15, -0.1) is 0 Å². The van der Waals surface area contributed by atoms with Crippen LogP contribution in [0.25, 0.3) is 0 Å². The molecule has 4 nitrogen and oxygen atoms in total. The summed E-state index contributed by atoms with van der Waals surface area (Å²) in [6, 6.07) is 6.47. The fourth-order valence-electron chi connectivity index (χ4n) is 5.52. The van der Waals surface area contributed by atoms with E-state index < -0.39 is 0 Å². The average molecular weight is 431 g/mol. The summed E-state index contributed by atoms with van der Waals surface area (Å²) < 4.78 is 16.7. The normalized spacial score (nSPS) is 23.1. The Morgan fingerprint density at radius 1 is 1.16 bits per heavy atom. The molecule has 2 aliphatic carbocycles. The Morgan fingerprint density at radius 2 is 2.03 bits per heavy atom. The molecule has 1 aromatic carbocycles. The van der Waals surface area contributed by atoms with Gasteiger partial charge in [0.1, 0.15) is 24.7 Å². The highest BCUT2D eigenvalue weighted by Gasteiger charge is 2.39. The van der Waals surface area contributed by atoms with Crippen LogP contribution >= 0.6 is 0 Å². The number of rotatable bonds is 14. The number of hydrogen-bond acceptors (Lipinski definition) is 4. The molecule has 1 saturated carbocycles. The van der Waals surface area contributed by atoms with Gasteiger partial charge in [0, 0.05) is 7.11 Å². The van der Waals surface area contributed by atoms with Crippen molar-refractivity contribution < 1.29 is 19.3 Å². The predicted molar refractivity (Wildman–Crippen MR) is 125 cm³/mol. The third-order valence-electron chi connectivity index (χ3n) is 7.27. The number of hydrogen-bond donors (Lipinski definition) is 1. The van der Waals surface area contributed by atoms with Crippen molar-refractivity contribution in [1.29, 1.82) is 0 Å². The molecule has 0 spiro atoms. The van der Waals surface area contributed by atoms with Crippen molar-refractivity contribution in [3.05, 3.63) is 41.7 Å². The maximum atomic E-state index is 10.4. The molecule has 3 rings (SSSR count). The van der Waals surface area contributed by atoms with Gasteiger partial charge < -0.3 is 19.3 Å². The van der Waals surface area contributed by atoms with Crippen molar-refractivity contribution in [2.45, 2.75) is 77.2 Å². The van der Waals surface area contributed by atoms with Gasteiger partial charge in [-0.3, -0.25) is 0 Å². The molecule has 1 fully saturated rings.